The molecule has 0 saturated carbocycles. The number of nitro groups is 1. The van der Waals surface area contributed by atoms with Gasteiger partial charge in [0.25, 0.3) is 5.69 Å². The number of benzene rings is 1. The number of halogens is 3. The second kappa shape index (κ2) is 6.40. The summed E-state index contributed by atoms with van der Waals surface area (Å²) in [5.41, 5.74) is -1.43. The lowest BCUT2D eigenvalue weighted by atomic mass is 10.1. The lowest BCUT2D eigenvalue weighted by Crippen LogP contribution is -2.32. The molecule has 0 spiro atoms. The van der Waals surface area contributed by atoms with Crippen LogP contribution < -0.4 is 5.32 Å². The Morgan fingerprint density at radius 1 is 1.45 bits per heavy atom. The van der Waals surface area contributed by atoms with Crippen LogP contribution in [0.5, 0.6) is 0 Å². The molecule has 1 atom stereocenters. The summed E-state index contributed by atoms with van der Waals surface area (Å²) >= 11 is 0. The minimum Gasteiger partial charge on any atom is -0.379 e. The monoisotopic (exact) mass is 288 g/mol. The largest absolute Gasteiger partial charge is 0.430 e. The Morgan fingerprint density at radius 3 is 2.55 bits per heavy atom. The number of rotatable bonds is 5. The molecule has 1 aromatic rings. The van der Waals surface area contributed by atoms with Gasteiger partial charge in [0.2, 0.25) is 0 Å². The summed E-state index contributed by atoms with van der Waals surface area (Å²) in [4.78, 5) is 10.1. The fourth-order valence-electron chi connectivity index (χ4n) is 1.50. The van der Waals surface area contributed by atoms with Crippen LogP contribution in [0.15, 0.2) is 30.0 Å². The topological polar surface area (TPSA) is 55.2 Å². The zero-order chi connectivity index (χ0) is 15.3. The maximum atomic E-state index is 12.9. The molecular formula is C13H15F3N2O2. The molecule has 0 aliphatic rings. The van der Waals surface area contributed by atoms with Gasteiger partial charge in [-0.2, -0.15) is 13.2 Å². The van der Waals surface area contributed by atoms with Crippen LogP contribution >= 0.6 is 0 Å². The van der Waals surface area contributed by atoms with Crippen molar-refractivity contribution in [2.24, 2.45) is 0 Å². The maximum absolute atomic E-state index is 12.9. The molecule has 1 aromatic carbocycles. The van der Waals surface area contributed by atoms with Gasteiger partial charge in [0.1, 0.15) is 5.70 Å². The number of alkyl halides is 3. The number of nitrogens with zero attached hydrogens (tertiary/aromatic N) is 1. The molecule has 0 bridgehead atoms. The fraction of sp³-hybridized carbons (Fsp3) is 0.385. The maximum Gasteiger partial charge on any atom is 0.430 e. The first-order valence-electron chi connectivity index (χ1n) is 6.04. The Kier molecular flexibility index (Phi) is 5.12. The average Bonchev–Trinajstić information content (AvgIpc) is 2.37. The molecule has 0 fully saturated rings. The summed E-state index contributed by atoms with van der Waals surface area (Å²) in [6.45, 7) is 3.36. The van der Waals surface area contributed by atoms with Gasteiger partial charge in [-0.05, 0) is 25.5 Å². The van der Waals surface area contributed by atoms with Crippen LogP contribution in [0.2, 0.25) is 0 Å². The summed E-state index contributed by atoms with van der Waals surface area (Å²) in [6.07, 6.45) is -3.32. The van der Waals surface area contributed by atoms with Crippen molar-refractivity contribution < 1.29 is 18.1 Å². The molecule has 1 unspecified atom stereocenters. The summed E-state index contributed by atoms with van der Waals surface area (Å²) in [5, 5.41) is 13.1. The van der Waals surface area contributed by atoms with E-state index in [4.69, 9.17) is 0 Å². The first-order valence-corrected chi connectivity index (χ1v) is 6.04. The highest BCUT2D eigenvalue weighted by atomic mass is 19.4. The normalized spacial score (nSPS) is 13.9. The van der Waals surface area contributed by atoms with Crippen LogP contribution in [0, 0.1) is 10.1 Å². The van der Waals surface area contributed by atoms with Gasteiger partial charge in [-0.3, -0.25) is 10.1 Å². The Labute approximate surface area is 114 Å². The van der Waals surface area contributed by atoms with E-state index in [0.29, 0.717) is 6.42 Å². The van der Waals surface area contributed by atoms with E-state index in [9.17, 15) is 23.3 Å². The SMILES string of the molecule is CCC(C)N/C(=C/c1ccccc1[N+](=O)[O-])C(F)(F)F. The van der Waals surface area contributed by atoms with Crippen molar-refractivity contribution in [3.05, 3.63) is 45.6 Å². The van der Waals surface area contributed by atoms with Crippen molar-refractivity contribution in [3.63, 3.8) is 0 Å². The van der Waals surface area contributed by atoms with Gasteiger partial charge in [-0.1, -0.05) is 19.1 Å². The van der Waals surface area contributed by atoms with Gasteiger partial charge >= 0.3 is 6.18 Å². The van der Waals surface area contributed by atoms with E-state index in [1.807, 2.05) is 0 Å². The molecule has 0 amide bonds. The second-order valence-electron chi connectivity index (χ2n) is 4.33. The van der Waals surface area contributed by atoms with E-state index < -0.39 is 16.8 Å². The second-order valence-corrected chi connectivity index (χ2v) is 4.33. The average molecular weight is 288 g/mol. The number of nitrogens with one attached hydrogen (secondary N) is 1. The third-order valence-corrected chi connectivity index (χ3v) is 2.75. The molecule has 0 radical (unpaired) electrons. The van der Waals surface area contributed by atoms with E-state index in [0.717, 1.165) is 6.08 Å². The number of para-hydroxylation sites is 1. The Bertz CT molecular complexity index is 513. The summed E-state index contributed by atoms with van der Waals surface area (Å²) in [6, 6.07) is 4.93. The zero-order valence-corrected chi connectivity index (χ0v) is 11.1. The minimum atomic E-state index is -4.59. The molecule has 0 aliphatic heterocycles. The van der Waals surface area contributed by atoms with Crippen LogP contribution in [0.25, 0.3) is 6.08 Å². The van der Waals surface area contributed by atoms with Crippen molar-refractivity contribution >= 4 is 11.8 Å². The van der Waals surface area contributed by atoms with E-state index in [-0.39, 0.29) is 17.3 Å². The number of allylic oxidation sites excluding steroid dienone is 1. The summed E-state index contributed by atoms with van der Waals surface area (Å²) in [5.74, 6) is 0. The minimum absolute atomic E-state index is 0.0828. The van der Waals surface area contributed by atoms with Crippen LogP contribution in [0.4, 0.5) is 18.9 Å². The third kappa shape index (κ3) is 4.25. The highest BCUT2D eigenvalue weighted by Crippen LogP contribution is 2.28. The molecule has 0 saturated heterocycles. The van der Waals surface area contributed by atoms with Crippen molar-refractivity contribution in [3.8, 4) is 0 Å². The van der Waals surface area contributed by atoms with Crippen molar-refractivity contribution in [2.75, 3.05) is 0 Å². The molecule has 0 heterocycles. The predicted molar refractivity (Wildman–Crippen MR) is 70.0 cm³/mol. The van der Waals surface area contributed by atoms with Crippen LogP contribution in [-0.4, -0.2) is 17.1 Å². The van der Waals surface area contributed by atoms with Crippen LogP contribution in [-0.2, 0) is 0 Å². The highest BCUT2D eigenvalue weighted by Gasteiger charge is 2.35. The van der Waals surface area contributed by atoms with Gasteiger partial charge in [0.05, 0.1) is 10.5 Å². The first kappa shape index (κ1) is 16.0. The molecule has 4 nitrogen and oxygen atoms in total. The lowest BCUT2D eigenvalue weighted by molar-refractivity contribution is -0.385. The zero-order valence-electron chi connectivity index (χ0n) is 11.1. The number of hydrogen-bond acceptors (Lipinski definition) is 3. The van der Waals surface area contributed by atoms with Crippen molar-refractivity contribution in [2.45, 2.75) is 32.5 Å². The molecule has 7 heteroatoms. The summed E-state index contributed by atoms with van der Waals surface area (Å²) in [7, 11) is 0. The fourth-order valence-corrected chi connectivity index (χ4v) is 1.50. The smallest absolute Gasteiger partial charge is 0.379 e. The first-order chi connectivity index (χ1) is 9.25. The van der Waals surface area contributed by atoms with Gasteiger partial charge in [-0.15, -0.1) is 0 Å². The van der Waals surface area contributed by atoms with Crippen molar-refractivity contribution in [1.82, 2.24) is 5.32 Å². The quantitative estimate of drug-likeness (QED) is 0.660. The van der Waals surface area contributed by atoms with E-state index in [2.05, 4.69) is 5.32 Å². The summed E-state index contributed by atoms with van der Waals surface area (Å²) < 4.78 is 38.8. The van der Waals surface area contributed by atoms with Crippen LogP contribution in [0.1, 0.15) is 25.8 Å². The Balaban J connectivity index is 3.23. The lowest BCUT2D eigenvalue weighted by Gasteiger charge is -2.18. The molecule has 0 aromatic heterocycles. The Hall–Kier alpha value is -2.05. The molecule has 0 aliphatic carbocycles. The number of nitro benzene ring substituents is 1. The van der Waals surface area contributed by atoms with Gasteiger partial charge in [0, 0.05) is 12.1 Å². The number of hydrogen-bond donors (Lipinski definition) is 1. The highest BCUT2D eigenvalue weighted by molar-refractivity contribution is 5.63. The predicted octanol–water partition coefficient (Wildman–Crippen LogP) is 3.89. The molecule has 20 heavy (non-hydrogen) atoms. The van der Waals surface area contributed by atoms with Gasteiger partial charge in [0.15, 0.2) is 0 Å². The van der Waals surface area contributed by atoms with E-state index in [1.165, 1.54) is 24.3 Å². The van der Waals surface area contributed by atoms with Crippen LogP contribution in [0.3, 0.4) is 0 Å². The van der Waals surface area contributed by atoms with Gasteiger partial charge < -0.3 is 5.32 Å². The Morgan fingerprint density at radius 2 is 2.05 bits per heavy atom. The van der Waals surface area contributed by atoms with Gasteiger partial charge in [-0.25, -0.2) is 0 Å². The van der Waals surface area contributed by atoms with E-state index >= 15 is 0 Å². The molecular weight excluding hydrogens is 273 g/mol. The molecule has 110 valence electrons. The van der Waals surface area contributed by atoms with E-state index in [1.54, 1.807) is 13.8 Å². The molecule has 1 N–H and O–H groups in total. The third-order valence-electron chi connectivity index (χ3n) is 2.75. The molecule has 1 rings (SSSR count). The standard InChI is InChI=1S/C13H15F3N2O2/c1-3-9(2)17-12(13(14,15)16)8-10-6-4-5-7-11(10)18(19)20/h4-9,17H,3H2,1-2H3/b12-8+. The van der Waals surface area contributed by atoms with Crippen molar-refractivity contribution in [1.29, 1.82) is 0 Å².